The van der Waals surface area contributed by atoms with Gasteiger partial charge in [-0.3, -0.25) is 4.98 Å². The zero-order valence-corrected chi connectivity index (χ0v) is 15.5. The van der Waals surface area contributed by atoms with Crippen molar-refractivity contribution in [2.45, 2.75) is 38.8 Å². The van der Waals surface area contributed by atoms with Crippen LogP contribution in [0.15, 0.2) is 30.5 Å². The maximum Gasteiger partial charge on any atom is 0.0519 e. The molecule has 2 aromatic heterocycles. The predicted molar refractivity (Wildman–Crippen MR) is 102 cm³/mol. The topological polar surface area (TPSA) is 21.1 Å². The zero-order chi connectivity index (χ0) is 17.1. The van der Waals surface area contributed by atoms with E-state index in [0.717, 1.165) is 43.2 Å². The molecule has 0 radical (unpaired) electrons. The van der Waals surface area contributed by atoms with Gasteiger partial charge in [0.05, 0.1) is 5.52 Å². The normalized spacial score (nSPS) is 20.0. The first-order valence-corrected chi connectivity index (χ1v) is 9.41. The first-order valence-electron chi connectivity index (χ1n) is 9.03. The first-order chi connectivity index (χ1) is 12.1. The van der Waals surface area contributed by atoms with Gasteiger partial charge in [0, 0.05) is 60.0 Å². The highest BCUT2D eigenvalue weighted by atomic mass is 35.5. The quantitative estimate of drug-likeness (QED) is 0.650. The van der Waals surface area contributed by atoms with Gasteiger partial charge >= 0.3 is 0 Å². The maximum absolute atomic E-state index is 6.49. The highest BCUT2D eigenvalue weighted by Crippen LogP contribution is 2.40. The number of benzene rings is 1. The van der Waals surface area contributed by atoms with Crippen LogP contribution >= 0.6 is 11.6 Å². The fourth-order valence-electron chi connectivity index (χ4n) is 4.62. The molecule has 2 aliphatic heterocycles. The van der Waals surface area contributed by atoms with E-state index < -0.39 is 0 Å². The lowest BCUT2D eigenvalue weighted by atomic mass is 9.89. The van der Waals surface area contributed by atoms with Crippen LogP contribution in [-0.4, -0.2) is 28.0 Å². The molecule has 3 aromatic rings. The second kappa shape index (κ2) is 5.58. The first kappa shape index (κ1) is 15.4. The molecule has 4 heterocycles. The number of halogens is 1. The lowest BCUT2D eigenvalue weighted by Crippen LogP contribution is -2.28. The van der Waals surface area contributed by atoms with Crippen molar-refractivity contribution in [1.29, 1.82) is 0 Å². The van der Waals surface area contributed by atoms with Crippen molar-refractivity contribution in [3.63, 3.8) is 0 Å². The van der Waals surface area contributed by atoms with Crippen LogP contribution in [0.3, 0.4) is 0 Å². The third-order valence-electron chi connectivity index (χ3n) is 5.86. The highest BCUT2D eigenvalue weighted by Gasteiger charge is 2.30. The van der Waals surface area contributed by atoms with E-state index >= 15 is 0 Å². The Morgan fingerprint density at radius 1 is 1.24 bits per heavy atom. The SMILES string of the molecule is Cc1ccc(C2Cc3cc(Cl)cc4c5c(n(c34)C2)CCN(C)C5)cn1. The molecule has 0 amide bonds. The molecular weight excluding hydrogens is 330 g/mol. The Labute approximate surface area is 153 Å². The molecule has 1 aromatic carbocycles. The van der Waals surface area contributed by atoms with E-state index in [9.17, 15) is 0 Å². The third-order valence-corrected chi connectivity index (χ3v) is 6.07. The van der Waals surface area contributed by atoms with E-state index in [0.29, 0.717) is 5.92 Å². The molecule has 0 bridgehead atoms. The lowest BCUT2D eigenvalue weighted by Gasteiger charge is -2.28. The average molecular weight is 352 g/mol. The monoisotopic (exact) mass is 351 g/mol. The predicted octanol–water partition coefficient (Wildman–Crippen LogP) is 4.33. The summed E-state index contributed by atoms with van der Waals surface area (Å²) in [5.41, 5.74) is 8.21. The molecule has 128 valence electrons. The number of pyridine rings is 1. The van der Waals surface area contributed by atoms with Crippen LogP contribution in [0.1, 0.15) is 34.0 Å². The molecule has 25 heavy (non-hydrogen) atoms. The fraction of sp³-hybridized carbons (Fsp3) is 0.381. The Hall–Kier alpha value is -1.84. The highest BCUT2D eigenvalue weighted by molar-refractivity contribution is 6.31. The molecular formula is C21H22ClN3. The standard InChI is InChI=1S/C21H22ClN3/c1-13-3-4-14(10-23-13)16-7-15-8-17(22)9-18-19-12-24(2)6-5-20(19)25(11-16)21(15)18/h3-4,8-10,16H,5-7,11-12H2,1-2H3. The minimum absolute atomic E-state index is 0.471. The second-order valence-electron chi connectivity index (χ2n) is 7.62. The van der Waals surface area contributed by atoms with Crippen molar-refractivity contribution in [3.8, 4) is 0 Å². The molecule has 0 N–H and O–H groups in total. The van der Waals surface area contributed by atoms with Crippen LogP contribution in [-0.2, 0) is 25.9 Å². The van der Waals surface area contributed by atoms with Crippen molar-refractivity contribution < 1.29 is 0 Å². The molecule has 1 unspecified atom stereocenters. The van der Waals surface area contributed by atoms with Gasteiger partial charge in [-0.2, -0.15) is 0 Å². The van der Waals surface area contributed by atoms with Crippen LogP contribution in [0.5, 0.6) is 0 Å². The van der Waals surface area contributed by atoms with Gasteiger partial charge in [-0.15, -0.1) is 0 Å². The summed E-state index contributed by atoms with van der Waals surface area (Å²) in [7, 11) is 2.21. The zero-order valence-electron chi connectivity index (χ0n) is 14.7. The Bertz CT molecular complexity index is 971. The molecule has 0 spiro atoms. The van der Waals surface area contributed by atoms with Crippen molar-refractivity contribution in [3.05, 3.63) is 63.6 Å². The van der Waals surface area contributed by atoms with Crippen LogP contribution in [0, 0.1) is 6.92 Å². The number of rotatable bonds is 1. The molecule has 3 nitrogen and oxygen atoms in total. The Morgan fingerprint density at radius 3 is 2.92 bits per heavy atom. The number of likely N-dealkylation sites (N-methyl/N-ethyl adjacent to an activating group) is 1. The van der Waals surface area contributed by atoms with E-state index in [4.69, 9.17) is 11.6 Å². The summed E-state index contributed by atoms with van der Waals surface area (Å²) in [6.45, 7) is 5.25. The lowest BCUT2D eigenvalue weighted by molar-refractivity contribution is 0.308. The number of hydrogen-bond acceptors (Lipinski definition) is 2. The summed E-state index contributed by atoms with van der Waals surface area (Å²) in [6.07, 6.45) is 4.22. The second-order valence-corrected chi connectivity index (χ2v) is 8.06. The van der Waals surface area contributed by atoms with E-state index in [1.165, 1.54) is 33.3 Å². The summed E-state index contributed by atoms with van der Waals surface area (Å²) in [5.74, 6) is 0.471. The van der Waals surface area contributed by atoms with Crippen LogP contribution in [0.4, 0.5) is 0 Å². The molecule has 0 saturated heterocycles. The Balaban J connectivity index is 1.68. The van der Waals surface area contributed by atoms with Crippen molar-refractivity contribution in [2.75, 3.05) is 13.6 Å². The number of fused-ring (bicyclic) bond motifs is 3. The molecule has 4 heteroatoms. The molecule has 5 rings (SSSR count). The van der Waals surface area contributed by atoms with E-state index in [2.05, 4.69) is 52.0 Å². The van der Waals surface area contributed by atoms with Crippen molar-refractivity contribution >= 4 is 22.5 Å². The minimum atomic E-state index is 0.471. The summed E-state index contributed by atoms with van der Waals surface area (Å²) >= 11 is 6.49. The fourth-order valence-corrected chi connectivity index (χ4v) is 4.86. The molecule has 0 aliphatic carbocycles. The van der Waals surface area contributed by atoms with Gasteiger partial charge in [0.1, 0.15) is 0 Å². The number of nitrogens with zero attached hydrogens (tertiary/aromatic N) is 3. The van der Waals surface area contributed by atoms with Gasteiger partial charge in [0.2, 0.25) is 0 Å². The van der Waals surface area contributed by atoms with Gasteiger partial charge in [-0.1, -0.05) is 17.7 Å². The van der Waals surface area contributed by atoms with Gasteiger partial charge in [-0.05, 0) is 55.3 Å². The maximum atomic E-state index is 6.49. The Kier molecular flexibility index (Phi) is 3.44. The molecule has 0 fully saturated rings. The summed E-state index contributed by atoms with van der Waals surface area (Å²) in [5, 5.41) is 2.22. The minimum Gasteiger partial charge on any atom is -0.343 e. The number of hydrogen-bond donors (Lipinski definition) is 0. The summed E-state index contributed by atoms with van der Waals surface area (Å²) < 4.78 is 2.58. The van der Waals surface area contributed by atoms with E-state index in [1.807, 2.05) is 6.92 Å². The molecule has 0 saturated carbocycles. The van der Waals surface area contributed by atoms with E-state index in [1.54, 1.807) is 0 Å². The molecule has 2 aliphatic rings. The van der Waals surface area contributed by atoms with Crippen molar-refractivity contribution in [2.24, 2.45) is 0 Å². The van der Waals surface area contributed by atoms with Crippen LogP contribution in [0.25, 0.3) is 10.9 Å². The number of aryl methyl sites for hydroxylation is 1. The van der Waals surface area contributed by atoms with Crippen LogP contribution < -0.4 is 0 Å². The average Bonchev–Trinajstić information content (AvgIpc) is 2.89. The smallest absolute Gasteiger partial charge is 0.0519 e. The summed E-state index contributed by atoms with van der Waals surface area (Å²) in [4.78, 5) is 6.93. The van der Waals surface area contributed by atoms with Crippen molar-refractivity contribution in [1.82, 2.24) is 14.5 Å². The van der Waals surface area contributed by atoms with Gasteiger partial charge in [-0.25, -0.2) is 0 Å². The molecule has 1 atom stereocenters. The van der Waals surface area contributed by atoms with Gasteiger partial charge in [0.25, 0.3) is 0 Å². The summed E-state index contributed by atoms with van der Waals surface area (Å²) in [6, 6.07) is 8.70. The van der Waals surface area contributed by atoms with E-state index in [-0.39, 0.29) is 0 Å². The third kappa shape index (κ3) is 2.41. The number of aromatic nitrogens is 2. The largest absolute Gasteiger partial charge is 0.343 e. The van der Waals surface area contributed by atoms with Gasteiger partial charge in [0.15, 0.2) is 0 Å². The van der Waals surface area contributed by atoms with Crippen LogP contribution in [0.2, 0.25) is 5.02 Å². The van der Waals surface area contributed by atoms with Gasteiger partial charge < -0.3 is 9.47 Å². The Morgan fingerprint density at radius 2 is 2.12 bits per heavy atom.